The van der Waals surface area contributed by atoms with Crippen molar-refractivity contribution < 1.29 is 14.3 Å². The highest BCUT2D eigenvalue weighted by Gasteiger charge is 2.19. The van der Waals surface area contributed by atoms with Gasteiger partial charge in [0.2, 0.25) is 0 Å². The van der Waals surface area contributed by atoms with E-state index >= 15 is 0 Å². The predicted octanol–water partition coefficient (Wildman–Crippen LogP) is 1.05. The number of rotatable bonds is 5. The maximum Gasteiger partial charge on any atom is 0.314 e. The Morgan fingerprint density at radius 3 is 2.75 bits per heavy atom. The Kier molecular flexibility index (Phi) is 4.95. The third-order valence-corrected chi connectivity index (χ3v) is 2.39. The molecule has 88 valence electrons. The molecule has 1 atom stereocenters. The van der Waals surface area contributed by atoms with Crippen LogP contribution in [0.3, 0.4) is 0 Å². The fourth-order valence-electron chi connectivity index (χ4n) is 1.58. The van der Waals surface area contributed by atoms with Gasteiger partial charge in [0, 0.05) is 13.7 Å². The molecular formula is C12H17NO3. The van der Waals surface area contributed by atoms with Gasteiger partial charge in [-0.25, -0.2) is 0 Å². The average Bonchev–Trinajstić information content (AvgIpc) is 2.31. The maximum absolute atomic E-state index is 11.5. The summed E-state index contributed by atoms with van der Waals surface area (Å²) >= 11 is 0. The molecule has 0 aliphatic rings. The van der Waals surface area contributed by atoms with Crippen LogP contribution in [0.2, 0.25) is 0 Å². The van der Waals surface area contributed by atoms with E-state index in [2.05, 4.69) is 0 Å². The number of carbonyl (C=O) groups excluding carboxylic acids is 1. The lowest BCUT2D eigenvalue weighted by molar-refractivity contribution is -0.142. The van der Waals surface area contributed by atoms with E-state index in [1.54, 1.807) is 7.11 Å². The van der Waals surface area contributed by atoms with Crippen LogP contribution < -0.4 is 5.73 Å². The summed E-state index contributed by atoms with van der Waals surface area (Å²) in [7, 11) is 3.00. The van der Waals surface area contributed by atoms with Gasteiger partial charge in [0.25, 0.3) is 0 Å². The summed E-state index contributed by atoms with van der Waals surface area (Å²) in [4.78, 5) is 11.5. The fourth-order valence-corrected chi connectivity index (χ4v) is 1.58. The molecule has 4 nitrogen and oxygen atoms in total. The van der Waals surface area contributed by atoms with Crippen LogP contribution in [0, 0.1) is 0 Å². The largest absolute Gasteiger partial charge is 0.469 e. The minimum atomic E-state index is -0.401. The van der Waals surface area contributed by atoms with Gasteiger partial charge in [0.05, 0.1) is 19.6 Å². The van der Waals surface area contributed by atoms with Gasteiger partial charge in [-0.15, -0.1) is 0 Å². The highest BCUT2D eigenvalue weighted by atomic mass is 16.5. The number of carbonyl (C=O) groups is 1. The quantitative estimate of drug-likeness (QED) is 0.758. The van der Waals surface area contributed by atoms with Gasteiger partial charge in [-0.2, -0.15) is 0 Å². The van der Waals surface area contributed by atoms with Crippen molar-refractivity contribution in [2.75, 3.05) is 20.8 Å². The number of methoxy groups -OCH3 is 2. The monoisotopic (exact) mass is 223 g/mol. The molecule has 0 heterocycles. The van der Waals surface area contributed by atoms with Gasteiger partial charge < -0.3 is 15.2 Å². The molecule has 1 unspecified atom stereocenters. The van der Waals surface area contributed by atoms with Gasteiger partial charge in [-0.05, 0) is 11.1 Å². The normalized spacial score (nSPS) is 12.2. The van der Waals surface area contributed by atoms with Crippen LogP contribution in [0.4, 0.5) is 0 Å². The van der Waals surface area contributed by atoms with Gasteiger partial charge >= 0.3 is 5.97 Å². The molecule has 0 aliphatic carbocycles. The number of ether oxygens (including phenoxy) is 2. The molecule has 1 aromatic rings. The molecular weight excluding hydrogens is 206 g/mol. The van der Waals surface area contributed by atoms with Crippen LogP contribution in [0.15, 0.2) is 24.3 Å². The van der Waals surface area contributed by atoms with E-state index in [0.29, 0.717) is 6.61 Å². The zero-order valence-electron chi connectivity index (χ0n) is 9.60. The summed E-state index contributed by atoms with van der Waals surface area (Å²) in [6.45, 7) is 0.759. The molecule has 0 bridgehead atoms. The lowest BCUT2D eigenvalue weighted by Crippen LogP contribution is -2.22. The third kappa shape index (κ3) is 3.05. The third-order valence-electron chi connectivity index (χ3n) is 2.39. The zero-order valence-corrected chi connectivity index (χ0v) is 9.60. The summed E-state index contributed by atoms with van der Waals surface area (Å²) in [6.07, 6.45) is 0. The van der Waals surface area contributed by atoms with Crippen molar-refractivity contribution in [2.45, 2.75) is 12.5 Å². The van der Waals surface area contributed by atoms with Crippen LogP contribution in [0.25, 0.3) is 0 Å². The molecule has 0 aliphatic heterocycles. The Balaban J connectivity index is 2.92. The molecule has 1 rings (SSSR count). The fraction of sp³-hybridized carbons (Fsp3) is 0.417. The van der Waals surface area contributed by atoms with E-state index in [-0.39, 0.29) is 12.5 Å². The van der Waals surface area contributed by atoms with Crippen molar-refractivity contribution in [1.82, 2.24) is 0 Å². The number of hydrogen-bond acceptors (Lipinski definition) is 4. The van der Waals surface area contributed by atoms with Crippen molar-refractivity contribution in [3.05, 3.63) is 35.4 Å². The van der Waals surface area contributed by atoms with Crippen molar-refractivity contribution >= 4 is 5.97 Å². The van der Waals surface area contributed by atoms with Crippen molar-refractivity contribution in [1.29, 1.82) is 0 Å². The second-order valence-corrected chi connectivity index (χ2v) is 3.49. The molecule has 0 spiro atoms. The SMILES string of the molecule is COCc1cccc(C(CN)C(=O)OC)c1. The van der Waals surface area contributed by atoms with Gasteiger partial charge in [0.15, 0.2) is 0 Å². The molecule has 4 heteroatoms. The maximum atomic E-state index is 11.5. The lowest BCUT2D eigenvalue weighted by atomic mass is 9.97. The van der Waals surface area contributed by atoms with Crippen molar-refractivity contribution in [3.8, 4) is 0 Å². The number of nitrogens with two attached hydrogens (primary N) is 1. The zero-order chi connectivity index (χ0) is 12.0. The number of hydrogen-bond donors (Lipinski definition) is 1. The van der Waals surface area contributed by atoms with Crippen LogP contribution >= 0.6 is 0 Å². The van der Waals surface area contributed by atoms with E-state index in [4.69, 9.17) is 15.2 Å². The Hall–Kier alpha value is -1.39. The van der Waals surface area contributed by atoms with Crippen molar-refractivity contribution in [2.24, 2.45) is 5.73 Å². The molecule has 0 radical (unpaired) electrons. The smallest absolute Gasteiger partial charge is 0.314 e. The molecule has 0 amide bonds. The summed E-state index contributed by atoms with van der Waals surface area (Å²) in [5.41, 5.74) is 7.45. The Morgan fingerprint density at radius 1 is 1.44 bits per heavy atom. The summed E-state index contributed by atoms with van der Waals surface area (Å²) < 4.78 is 9.74. The first-order valence-corrected chi connectivity index (χ1v) is 5.08. The number of benzene rings is 1. The summed E-state index contributed by atoms with van der Waals surface area (Å²) in [5.74, 6) is -0.709. The Labute approximate surface area is 95.3 Å². The minimum absolute atomic E-state index is 0.239. The minimum Gasteiger partial charge on any atom is -0.469 e. The standard InChI is InChI=1S/C12H17NO3/c1-15-8-9-4-3-5-10(6-9)11(7-13)12(14)16-2/h3-6,11H,7-8,13H2,1-2H3. The second kappa shape index (κ2) is 6.25. The molecule has 1 aromatic carbocycles. The van der Waals surface area contributed by atoms with Crippen molar-refractivity contribution in [3.63, 3.8) is 0 Å². The summed E-state index contributed by atoms with van der Waals surface area (Å²) in [5, 5.41) is 0. The molecule has 0 saturated heterocycles. The van der Waals surface area contributed by atoms with E-state index in [1.807, 2.05) is 24.3 Å². The molecule has 0 fully saturated rings. The van der Waals surface area contributed by atoms with E-state index < -0.39 is 5.92 Å². The highest BCUT2D eigenvalue weighted by molar-refractivity contribution is 5.78. The first-order chi connectivity index (χ1) is 7.72. The molecule has 0 aromatic heterocycles. The molecule has 2 N–H and O–H groups in total. The van der Waals surface area contributed by atoms with E-state index in [1.165, 1.54) is 7.11 Å². The first-order valence-electron chi connectivity index (χ1n) is 5.08. The van der Waals surface area contributed by atoms with Gasteiger partial charge in [0.1, 0.15) is 0 Å². The Bertz CT molecular complexity index is 352. The molecule has 16 heavy (non-hydrogen) atoms. The second-order valence-electron chi connectivity index (χ2n) is 3.49. The van der Waals surface area contributed by atoms with E-state index in [0.717, 1.165) is 11.1 Å². The number of esters is 1. The Morgan fingerprint density at radius 2 is 2.19 bits per heavy atom. The topological polar surface area (TPSA) is 61.5 Å². The lowest BCUT2D eigenvalue weighted by Gasteiger charge is -2.13. The first kappa shape index (κ1) is 12.7. The molecule has 0 saturated carbocycles. The van der Waals surface area contributed by atoms with Crippen LogP contribution in [0.5, 0.6) is 0 Å². The predicted molar refractivity (Wildman–Crippen MR) is 61.0 cm³/mol. The summed E-state index contributed by atoms with van der Waals surface area (Å²) in [6, 6.07) is 7.61. The highest BCUT2D eigenvalue weighted by Crippen LogP contribution is 2.18. The van der Waals surface area contributed by atoms with Crippen LogP contribution in [0.1, 0.15) is 17.0 Å². The van der Waals surface area contributed by atoms with Gasteiger partial charge in [-0.3, -0.25) is 4.79 Å². The van der Waals surface area contributed by atoms with E-state index in [9.17, 15) is 4.79 Å². The van der Waals surface area contributed by atoms with Gasteiger partial charge in [-0.1, -0.05) is 24.3 Å². The van der Waals surface area contributed by atoms with Crippen LogP contribution in [-0.4, -0.2) is 26.7 Å². The van der Waals surface area contributed by atoms with Crippen LogP contribution in [-0.2, 0) is 20.9 Å². The average molecular weight is 223 g/mol.